The first kappa shape index (κ1) is 20.2. The molecule has 3 rings (SSSR count). The molecule has 0 aromatic heterocycles. The predicted octanol–water partition coefficient (Wildman–Crippen LogP) is 6.20. The van der Waals surface area contributed by atoms with E-state index in [-0.39, 0.29) is 33.9 Å². The highest BCUT2D eigenvalue weighted by molar-refractivity contribution is 6.32. The summed E-state index contributed by atoms with van der Waals surface area (Å²) in [5.41, 5.74) is 1.83. The molecule has 0 atom stereocenters. The number of benzene rings is 2. The van der Waals surface area contributed by atoms with E-state index in [1.165, 1.54) is 12.1 Å². The van der Waals surface area contributed by atoms with Crippen LogP contribution in [-0.4, -0.2) is 11.0 Å². The largest absolute Gasteiger partial charge is 0.508 e. The molecule has 1 amide bonds. The zero-order chi connectivity index (χ0) is 20.3. The summed E-state index contributed by atoms with van der Waals surface area (Å²) in [6, 6.07) is 9.16. The minimum absolute atomic E-state index is 0.0729. The molecular weight excluding hydrogens is 404 g/mol. The number of halogens is 3. The predicted molar refractivity (Wildman–Crippen MR) is 108 cm³/mol. The number of ether oxygens (including phenoxy) is 1. The summed E-state index contributed by atoms with van der Waals surface area (Å²) < 4.78 is 19.4. The summed E-state index contributed by atoms with van der Waals surface area (Å²) >= 11 is 12.2. The van der Waals surface area contributed by atoms with Gasteiger partial charge in [0, 0.05) is 22.4 Å². The van der Waals surface area contributed by atoms with Crippen molar-refractivity contribution < 1.29 is 19.0 Å². The molecule has 7 heteroatoms. The van der Waals surface area contributed by atoms with Gasteiger partial charge in [-0.1, -0.05) is 35.8 Å². The smallest absolute Gasteiger partial charge is 0.251 e. The summed E-state index contributed by atoms with van der Waals surface area (Å²) in [7, 11) is 0. The summed E-state index contributed by atoms with van der Waals surface area (Å²) in [5.74, 6) is -0.496. The van der Waals surface area contributed by atoms with Crippen LogP contribution >= 0.6 is 23.2 Å². The molecule has 4 nitrogen and oxygen atoms in total. The first-order chi connectivity index (χ1) is 13.4. The Bertz CT molecular complexity index is 952. The highest BCUT2D eigenvalue weighted by Crippen LogP contribution is 2.32. The van der Waals surface area contributed by atoms with Gasteiger partial charge in [-0.2, -0.15) is 0 Å². The average molecular weight is 422 g/mol. The van der Waals surface area contributed by atoms with Crippen LogP contribution in [0, 0.1) is 5.82 Å². The third-order valence-corrected chi connectivity index (χ3v) is 5.11. The van der Waals surface area contributed by atoms with Crippen molar-refractivity contribution in [3.63, 3.8) is 0 Å². The van der Waals surface area contributed by atoms with Gasteiger partial charge in [-0.3, -0.25) is 4.79 Å². The molecule has 0 bridgehead atoms. The first-order valence-electron chi connectivity index (χ1n) is 8.63. The maximum Gasteiger partial charge on any atom is 0.251 e. The zero-order valence-electron chi connectivity index (χ0n) is 14.9. The molecule has 2 aromatic rings. The molecule has 0 spiro atoms. The van der Waals surface area contributed by atoms with E-state index in [2.05, 4.69) is 11.9 Å². The number of amides is 1. The number of hydrogen-bond acceptors (Lipinski definition) is 3. The quantitative estimate of drug-likeness (QED) is 0.545. The standard InChI is InChI=1S/C21H18Cl2FNO3/c1-12(26)14-4-2-5-15(14)21(27)25-13-8-9-20(18(23)10-13)28-11-16-17(22)6-3-7-19(16)24/h3,6-10,26H,1-2,4-5,11H2,(H,25,27). The third-order valence-electron chi connectivity index (χ3n) is 4.46. The van der Waals surface area contributed by atoms with E-state index >= 15 is 0 Å². The van der Waals surface area contributed by atoms with E-state index in [0.717, 1.165) is 6.42 Å². The number of hydrogen-bond donors (Lipinski definition) is 2. The second-order valence-corrected chi connectivity index (χ2v) is 7.16. The Morgan fingerprint density at radius 1 is 1.18 bits per heavy atom. The van der Waals surface area contributed by atoms with Gasteiger partial charge in [-0.05, 0) is 49.6 Å². The Labute approximate surface area is 172 Å². The van der Waals surface area contributed by atoms with E-state index in [0.29, 0.717) is 35.4 Å². The van der Waals surface area contributed by atoms with Gasteiger partial charge < -0.3 is 15.2 Å². The van der Waals surface area contributed by atoms with Crippen molar-refractivity contribution >= 4 is 34.8 Å². The van der Waals surface area contributed by atoms with Crippen molar-refractivity contribution in [1.82, 2.24) is 0 Å². The van der Waals surface area contributed by atoms with Crippen molar-refractivity contribution in [1.29, 1.82) is 0 Å². The zero-order valence-corrected chi connectivity index (χ0v) is 16.4. The lowest BCUT2D eigenvalue weighted by molar-refractivity contribution is -0.113. The molecule has 0 aliphatic heterocycles. The molecule has 0 radical (unpaired) electrons. The fraction of sp³-hybridized carbons (Fsp3) is 0.190. The summed E-state index contributed by atoms with van der Waals surface area (Å²) in [5, 5.41) is 12.9. The van der Waals surface area contributed by atoms with Crippen LogP contribution in [0.5, 0.6) is 5.75 Å². The van der Waals surface area contributed by atoms with Crippen molar-refractivity contribution in [3.05, 3.63) is 81.3 Å². The van der Waals surface area contributed by atoms with Gasteiger partial charge in [-0.15, -0.1) is 0 Å². The van der Waals surface area contributed by atoms with Gasteiger partial charge in [-0.25, -0.2) is 4.39 Å². The molecule has 1 aliphatic carbocycles. The molecule has 0 saturated heterocycles. The molecular formula is C21H18Cl2FNO3. The van der Waals surface area contributed by atoms with Gasteiger partial charge in [0.2, 0.25) is 0 Å². The fourth-order valence-electron chi connectivity index (χ4n) is 3.04. The van der Waals surface area contributed by atoms with Crippen LogP contribution in [0.1, 0.15) is 24.8 Å². The fourth-order valence-corrected chi connectivity index (χ4v) is 3.49. The lowest BCUT2D eigenvalue weighted by atomic mass is 10.1. The number of carbonyl (C=O) groups excluding carboxylic acids is 1. The van der Waals surface area contributed by atoms with Gasteiger partial charge in [0.1, 0.15) is 23.9 Å². The summed E-state index contributed by atoms with van der Waals surface area (Å²) in [6.07, 6.45) is 2.01. The van der Waals surface area contributed by atoms with Crippen LogP contribution in [0.25, 0.3) is 0 Å². The normalized spacial score (nSPS) is 13.5. The number of nitrogens with one attached hydrogen (secondary N) is 1. The van der Waals surface area contributed by atoms with E-state index < -0.39 is 5.82 Å². The lowest BCUT2D eigenvalue weighted by Gasteiger charge is -2.12. The molecule has 0 saturated carbocycles. The molecule has 1 aliphatic rings. The van der Waals surface area contributed by atoms with Crippen molar-refractivity contribution in [3.8, 4) is 5.75 Å². The molecule has 28 heavy (non-hydrogen) atoms. The van der Waals surface area contributed by atoms with E-state index in [9.17, 15) is 14.3 Å². The number of anilines is 1. The maximum absolute atomic E-state index is 13.8. The second kappa shape index (κ2) is 8.67. The molecule has 0 heterocycles. The average Bonchev–Trinajstić information content (AvgIpc) is 3.13. The Morgan fingerprint density at radius 2 is 1.93 bits per heavy atom. The SMILES string of the molecule is C=C(O)C1=C(C(=O)Nc2ccc(OCc3c(F)cccc3Cl)c(Cl)c2)CCC1. The van der Waals surface area contributed by atoms with Crippen LogP contribution in [0.2, 0.25) is 10.0 Å². The van der Waals surface area contributed by atoms with Crippen molar-refractivity contribution in [2.45, 2.75) is 25.9 Å². The monoisotopic (exact) mass is 421 g/mol. The Kier molecular flexibility index (Phi) is 6.27. The number of carbonyl (C=O) groups is 1. The number of aliphatic hydroxyl groups excluding tert-OH is 1. The third kappa shape index (κ3) is 4.49. The first-order valence-corrected chi connectivity index (χ1v) is 9.39. The van der Waals surface area contributed by atoms with E-state index in [1.54, 1.807) is 24.3 Å². The van der Waals surface area contributed by atoms with Crippen LogP contribution in [-0.2, 0) is 11.4 Å². The second-order valence-electron chi connectivity index (χ2n) is 6.35. The van der Waals surface area contributed by atoms with E-state index in [4.69, 9.17) is 27.9 Å². The maximum atomic E-state index is 13.8. The number of allylic oxidation sites excluding steroid dienone is 1. The van der Waals surface area contributed by atoms with Crippen LogP contribution < -0.4 is 10.1 Å². The Morgan fingerprint density at radius 3 is 2.61 bits per heavy atom. The van der Waals surface area contributed by atoms with Crippen LogP contribution in [0.15, 0.2) is 59.9 Å². The van der Waals surface area contributed by atoms with Crippen LogP contribution in [0.4, 0.5) is 10.1 Å². The summed E-state index contributed by atoms with van der Waals surface area (Å²) in [6.45, 7) is 3.43. The van der Waals surface area contributed by atoms with Crippen LogP contribution in [0.3, 0.4) is 0 Å². The topological polar surface area (TPSA) is 58.6 Å². The molecule has 0 fully saturated rings. The highest BCUT2D eigenvalue weighted by atomic mass is 35.5. The Hall–Kier alpha value is -2.50. The lowest BCUT2D eigenvalue weighted by Crippen LogP contribution is -2.14. The Balaban J connectivity index is 1.70. The molecule has 0 unspecified atom stereocenters. The number of aliphatic hydroxyl groups is 1. The highest BCUT2D eigenvalue weighted by Gasteiger charge is 2.22. The minimum Gasteiger partial charge on any atom is -0.508 e. The van der Waals surface area contributed by atoms with Crippen molar-refractivity contribution in [2.24, 2.45) is 0 Å². The molecule has 2 N–H and O–H groups in total. The van der Waals surface area contributed by atoms with Gasteiger partial charge in [0.05, 0.1) is 10.0 Å². The number of rotatable bonds is 6. The van der Waals surface area contributed by atoms with Gasteiger partial charge in [0.15, 0.2) is 0 Å². The summed E-state index contributed by atoms with van der Waals surface area (Å²) in [4.78, 5) is 12.5. The molecule has 2 aromatic carbocycles. The van der Waals surface area contributed by atoms with Gasteiger partial charge >= 0.3 is 0 Å². The minimum atomic E-state index is -0.460. The van der Waals surface area contributed by atoms with Gasteiger partial charge in [0.25, 0.3) is 5.91 Å². The molecule has 146 valence electrons. The van der Waals surface area contributed by atoms with E-state index in [1.807, 2.05) is 0 Å². The van der Waals surface area contributed by atoms with Crippen molar-refractivity contribution in [2.75, 3.05) is 5.32 Å².